The number of anilines is 3. The predicted molar refractivity (Wildman–Crippen MR) is 164 cm³/mol. The third-order valence-electron chi connectivity index (χ3n) is 9.91. The number of hydrogen-bond acceptors (Lipinski definition) is 8. The highest BCUT2D eigenvalue weighted by molar-refractivity contribution is 5.94. The zero-order valence-electron chi connectivity index (χ0n) is 25.5. The summed E-state index contributed by atoms with van der Waals surface area (Å²) in [7, 11) is 1.70. The van der Waals surface area contributed by atoms with Gasteiger partial charge in [0.1, 0.15) is 11.5 Å². The standard InChI is InChI=1S/C32H32F5N9O/c1-38-22-10-26(43-46-24(13-41-28(22)46)29(47)42-25-11-31(25,34)35)45-8-5-19-20(3-2-4-23(19)45)27-21(33)9-18(12-40-27)14-44-16-30(17-44)6-7-39-15-32(30,36)37/h2-4,9-10,12-13,25,38-39H,5-8,11,14-17H2,1H3,(H,42,47)/t25-/m1/s1. The number of fused-ring (bicyclic) bond motifs is 2. The highest BCUT2D eigenvalue weighted by Gasteiger charge is 2.61. The minimum Gasteiger partial charge on any atom is -0.385 e. The van der Waals surface area contributed by atoms with E-state index in [-0.39, 0.29) is 31.0 Å². The molecule has 0 radical (unpaired) electrons. The van der Waals surface area contributed by atoms with Crippen LogP contribution in [0.15, 0.2) is 42.7 Å². The second-order valence-electron chi connectivity index (χ2n) is 13.0. The Hall–Kier alpha value is -4.37. The molecule has 6 heterocycles. The molecular formula is C32H32F5N9O. The Labute approximate surface area is 266 Å². The second-order valence-corrected chi connectivity index (χ2v) is 13.0. The van der Waals surface area contributed by atoms with E-state index >= 15 is 4.39 Å². The van der Waals surface area contributed by atoms with Crippen LogP contribution in [0.1, 0.15) is 34.5 Å². The van der Waals surface area contributed by atoms with Crippen LogP contribution in [0.3, 0.4) is 0 Å². The molecular weight excluding hydrogens is 621 g/mol. The molecule has 3 aromatic heterocycles. The number of nitrogens with one attached hydrogen (secondary N) is 3. The van der Waals surface area contributed by atoms with Crippen LogP contribution in [0.25, 0.3) is 16.9 Å². The minimum absolute atomic E-state index is 0.0263. The van der Waals surface area contributed by atoms with Gasteiger partial charge in [0, 0.05) is 63.2 Å². The lowest BCUT2D eigenvalue weighted by atomic mass is 9.69. The summed E-state index contributed by atoms with van der Waals surface area (Å²) in [6.07, 6.45) is 3.49. The molecule has 8 rings (SSSR count). The van der Waals surface area contributed by atoms with Crippen molar-refractivity contribution < 1.29 is 26.7 Å². The molecule has 4 aromatic rings. The number of carbonyl (C=O) groups excluding carboxylic acids is 1. The summed E-state index contributed by atoms with van der Waals surface area (Å²) in [5.74, 6) is -6.39. The van der Waals surface area contributed by atoms with Crippen molar-refractivity contribution in [2.75, 3.05) is 50.0 Å². The van der Waals surface area contributed by atoms with Gasteiger partial charge >= 0.3 is 0 Å². The van der Waals surface area contributed by atoms with Crippen LogP contribution in [-0.4, -0.2) is 88.0 Å². The quantitative estimate of drug-likeness (QED) is 0.255. The van der Waals surface area contributed by atoms with Crippen LogP contribution >= 0.6 is 0 Å². The van der Waals surface area contributed by atoms with Crippen molar-refractivity contribution in [1.82, 2.24) is 35.1 Å². The Balaban J connectivity index is 1.04. The number of aromatic nitrogens is 4. The molecule has 1 amide bonds. The first-order valence-corrected chi connectivity index (χ1v) is 15.6. The van der Waals surface area contributed by atoms with E-state index in [4.69, 9.17) is 0 Å². The normalized spacial score (nSPS) is 22.3. The second kappa shape index (κ2) is 10.6. The van der Waals surface area contributed by atoms with Crippen molar-refractivity contribution in [3.63, 3.8) is 0 Å². The molecule has 15 heteroatoms. The van der Waals surface area contributed by atoms with Crippen molar-refractivity contribution >= 4 is 28.7 Å². The fourth-order valence-electron chi connectivity index (χ4n) is 7.20. The Morgan fingerprint density at radius 1 is 1.13 bits per heavy atom. The zero-order valence-corrected chi connectivity index (χ0v) is 25.5. The van der Waals surface area contributed by atoms with E-state index in [0.29, 0.717) is 60.8 Å². The molecule has 3 N–H and O–H groups in total. The fraction of sp³-hybridized carbons (Fsp3) is 0.438. The van der Waals surface area contributed by atoms with E-state index in [1.165, 1.54) is 16.8 Å². The van der Waals surface area contributed by atoms with Gasteiger partial charge in [-0.3, -0.25) is 14.7 Å². The lowest BCUT2D eigenvalue weighted by Gasteiger charge is -2.56. The topological polar surface area (TPSA) is 103 Å². The van der Waals surface area contributed by atoms with E-state index in [2.05, 4.69) is 31.0 Å². The van der Waals surface area contributed by atoms with Crippen LogP contribution in [0.4, 0.5) is 39.1 Å². The van der Waals surface area contributed by atoms with Crippen molar-refractivity contribution in [2.24, 2.45) is 5.41 Å². The predicted octanol–water partition coefficient (Wildman–Crippen LogP) is 4.23. The van der Waals surface area contributed by atoms with Crippen molar-refractivity contribution in [3.8, 4) is 11.3 Å². The van der Waals surface area contributed by atoms with Crippen molar-refractivity contribution in [3.05, 3.63) is 65.4 Å². The Kier molecular flexibility index (Phi) is 6.75. The first-order chi connectivity index (χ1) is 22.5. The Morgan fingerprint density at radius 3 is 2.66 bits per heavy atom. The molecule has 1 aliphatic carbocycles. The molecule has 4 aliphatic rings. The summed E-state index contributed by atoms with van der Waals surface area (Å²) in [5.41, 5.74) is 3.06. The van der Waals surface area contributed by atoms with E-state index in [1.807, 2.05) is 28.0 Å². The van der Waals surface area contributed by atoms with Gasteiger partial charge in [0.15, 0.2) is 17.2 Å². The number of alkyl halides is 4. The van der Waals surface area contributed by atoms with Crippen LogP contribution in [-0.2, 0) is 13.0 Å². The van der Waals surface area contributed by atoms with Crippen molar-refractivity contribution in [2.45, 2.75) is 43.7 Å². The maximum Gasteiger partial charge on any atom is 0.272 e. The van der Waals surface area contributed by atoms with Gasteiger partial charge < -0.3 is 20.9 Å². The summed E-state index contributed by atoms with van der Waals surface area (Å²) in [6, 6.07) is 7.52. The number of nitrogens with zero attached hydrogens (tertiary/aromatic N) is 6. The van der Waals surface area contributed by atoms with Crippen LogP contribution < -0.4 is 20.9 Å². The molecule has 1 spiro atoms. The SMILES string of the molecule is CNc1cc(N2CCc3c(-c4ncc(CN5CC6(CCNCC6(F)F)C5)cc4F)cccc32)nn2c(C(=O)N[C@@H]3CC3(F)F)cnc12. The molecule has 1 atom stereocenters. The zero-order chi connectivity index (χ0) is 32.7. The average molecular weight is 654 g/mol. The Morgan fingerprint density at radius 2 is 1.94 bits per heavy atom. The number of carbonyl (C=O) groups is 1. The monoisotopic (exact) mass is 653 g/mol. The van der Waals surface area contributed by atoms with Gasteiger partial charge in [-0.25, -0.2) is 31.5 Å². The lowest BCUT2D eigenvalue weighted by Crippen LogP contribution is -2.69. The van der Waals surface area contributed by atoms with Gasteiger partial charge in [-0.15, -0.1) is 5.10 Å². The lowest BCUT2D eigenvalue weighted by molar-refractivity contribution is -0.205. The Bertz CT molecular complexity index is 1910. The molecule has 10 nitrogen and oxygen atoms in total. The largest absolute Gasteiger partial charge is 0.385 e. The van der Waals surface area contributed by atoms with Crippen LogP contribution in [0.5, 0.6) is 0 Å². The molecule has 0 unspecified atom stereocenters. The van der Waals surface area contributed by atoms with Gasteiger partial charge in [-0.2, -0.15) is 0 Å². The van der Waals surface area contributed by atoms with Gasteiger partial charge in [-0.1, -0.05) is 12.1 Å². The fourth-order valence-corrected chi connectivity index (χ4v) is 7.20. The van der Waals surface area contributed by atoms with E-state index in [0.717, 1.165) is 11.3 Å². The van der Waals surface area contributed by atoms with Gasteiger partial charge in [0.05, 0.1) is 29.9 Å². The summed E-state index contributed by atoms with van der Waals surface area (Å²) in [4.78, 5) is 25.5. The molecule has 1 aromatic carbocycles. The van der Waals surface area contributed by atoms with E-state index in [9.17, 15) is 22.4 Å². The number of hydrogen-bond donors (Lipinski definition) is 3. The van der Waals surface area contributed by atoms with E-state index in [1.54, 1.807) is 19.3 Å². The van der Waals surface area contributed by atoms with Gasteiger partial charge in [0.2, 0.25) is 0 Å². The average Bonchev–Trinajstić information content (AvgIpc) is 3.35. The van der Waals surface area contributed by atoms with Crippen molar-refractivity contribution in [1.29, 1.82) is 0 Å². The number of piperidine rings is 1. The maximum atomic E-state index is 15.6. The molecule has 47 heavy (non-hydrogen) atoms. The molecule has 246 valence electrons. The number of likely N-dealkylation sites (tertiary alicyclic amines) is 1. The summed E-state index contributed by atoms with van der Waals surface area (Å²) >= 11 is 0. The number of pyridine rings is 1. The summed E-state index contributed by atoms with van der Waals surface area (Å²) in [6.45, 7) is 1.65. The smallest absolute Gasteiger partial charge is 0.272 e. The first kappa shape index (κ1) is 30.0. The molecule has 3 fully saturated rings. The number of rotatable bonds is 7. The van der Waals surface area contributed by atoms with Crippen LogP contribution in [0, 0.1) is 11.2 Å². The van der Waals surface area contributed by atoms with Gasteiger partial charge in [-0.05, 0) is 42.6 Å². The minimum atomic E-state index is -2.92. The summed E-state index contributed by atoms with van der Waals surface area (Å²) in [5, 5.41) is 12.9. The molecule has 1 saturated carbocycles. The third-order valence-corrected chi connectivity index (χ3v) is 9.91. The van der Waals surface area contributed by atoms with Crippen LogP contribution in [0.2, 0.25) is 0 Å². The van der Waals surface area contributed by atoms with Gasteiger partial charge in [0.25, 0.3) is 17.8 Å². The third kappa shape index (κ3) is 4.89. The number of benzene rings is 1. The number of imidazole rings is 1. The summed E-state index contributed by atoms with van der Waals surface area (Å²) < 4.78 is 73.0. The number of halogens is 5. The number of amides is 1. The first-order valence-electron chi connectivity index (χ1n) is 15.6. The van der Waals surface area contributed by atoms with E-state index < -0.39 is 41.4 Å². The molecule has 0 bridgehead atoms. The molecule has 3 aliphatic heterocycles. The highest BCUT2D eigenvalue weighted by atomic mass is 19.3. The maximum absolute atomic E-state index is 15.6. The molecule has 2 saturated heterocycles. The highest BCUT2D eigenvalue weighted by Crippen LogP contribution is 2.49.